The maximum Gasteiger partial charge on any atom is 0.254 e. The molecule has 0 radical (unpaired) electrons. The average molecular weight is 297 g/mol. The minimum atomic E-state index is -0.209. The van der Waals surface area contributed by atoms with Gasteiger partial charge in [0, 0.05) is 11.3 Å². The first-order chi connectivity index (χ1) is 10.6. The number of methoxy groups -OCH3 is 1. The normalized spacial score (nSPS) is 11.0. The van der Waals surface area contributed by atoms with Crippen molar-refractivity contribution >= 4 is 11.6 Å². The number of carbonyl (C=O) groups excluding carboxylic acids is 1. The highest BCUT2D eigenvalue weighted by Gasteiger charge is 2.07. The first kappa shape index (κ1) is 15.6. The Bertz CT molecular complexity index is 675. The molecule has 0 aliphatic rings. The summed E-state index contributed by atoms with van der Waals surface area (Å²) in [6, 6.07) is 14.9. The van der Waals surface area contributed by atoms with Crippen LogP contribution >= 0.6 is 0 Å². The minimum absolute atomic E-state index is 0.209. The maximum absolute atomic E-state index is 12.1. The summed E-state index contributed by atoms with van der Waals surface area (Å²) in [6.45, 7) is 3.69. The predicted molar refractivity (Wildman–Crippen MR) is 87.2 cm³/mol. The van der Waals surface area contributed by atoms with Gasteiger partial charge in [0.2, 0.25) is 0 Å². The van der Waals surface area contributed by atoms with Crippen LogP contribution in [0.25, 0.3) is 0 Å². The van der Waals surface area contributed by atoms with E-state index in [1.54, 1.807) is 26.2 Å². The Morgan fingerprint density at radius 2 is 1.68 bits per heavy atom. The number of benzene rings is 2. The van der Waals surface area contributed by atoms with Crippen LogP contribution in [0.5, 0.6) is 11.5 Å². The Morgan fingerprint density at radius 3 is 2.32 bits per heavy atom. The zero-order chi connectivity index (χ0) is 15.9. The molecule has 0 bridgehead atoms. The van der Waals surface area contributed by atoms with Crippen LogP contribution in [0.3, 0.4) is 0 Å². The summed E-state index contributed by atoms with van der Waals surface area (Å²) in [5, 5.41) is 2.82. The number of anilines is 1. The lowest BCUT2D eigenvalue weighted by Crippen LogP contribution is -2.13. The molecule has 0 unspecified atom stereocenters. The molecule has 0 atom stereocenters. The number of nitrogens with one attached hydrogen (secondary N) is 1. The van der Waals surface area contributed by atoms with E-state index in [0.29, 0.717) is 17.1 Å². The minimum Gasteiger partial charge on any atom is -0.493 e. The smallest absolute Gasteiger partial charge is 0.254 e. The molecular formula is C18H19NO3. The van der Waals surface area contributed by atoms with Gasteiger partial charge in [-0.05, 0) is 38.1 Å². The summed E-state index contributed by atoms with van der Waals surface area (Å²) < 4.78 is 10.7. The highest BCUT2D eigenvalue weighted by molar-refractivity contribution is 6.03. The molecule has 0 saturated carbocycles. The van der Waals surface area contributed by atoms with Crippen molar-refractivity contribution in [3.63, 3.8) is 0 Å². The Balaban J connectivity index is 2.02. The fourth-order valence-electron chi connectivity index (χ4n) is 1.79. The molecule has 2 rings (SSSR count). The van der Waals surface area contributed by atoms with E-state index in [4.69, 9.17) is 9.47 Å². The van der Waals surface area contributed by atoms with Crippen molar-refractivity contribution in [1.82, 2.24) is 0 Å². The van der Waals surface area contributed by atoms with Gasteiger partial charge >= 0.3 is 0 Å². The standard InChI is InChI=1S/C18H19NO3/c1-13-8-10-15(11-9-13)19-18(20)14(2)12-22-17-7-5-4-6-16(17)21-3/h4-12H,1-3H3,(H,19,20)/b14-12+. The fourth-order valence-corrected chi connectivity index (χ4v) is 1.79. The van der Waals surface area contributed by atoms with Crippen LogP contribution in [0, 0.1) is 6.92 Å². The van der Waals surface area contributed by atoms with Crippen molar-refractivity contribution in [2.75, 3.05) is 12.4 Å². The average Bonchev–Trinajstić information content (AvgIpc) is 2.54. The van der Waals surface area contributed by atoms with Gasteiger partial charge in [-0.3, -0.25) is 4.79 Å². The molecule has 0 fully saturated rings. The number of rotatable bonds is 5. The maximum atomic E-state index is 12.1. The predicted octanol–water partition coefficient (Wildman–Crippen LogP) is 3.92. The SMILES string of the molecule is COc1ccccc1O/C=C(\C)C(=O)Nc1ccc(C)cc1. The number of amides is 1. The zero-order valence-corrected chi connectivity index (χ0v) is 12.9. The van der Waals surface area contributed by atoms with Gasteiger partial charge in [-0.15, -0.1) is 0 Å². The van der Waals surface area contributed by atoms with Crippen molar-refractivity contribution in [2.45, 2.75) is 13.8 Å². The molecule has 1 N–H and O–H groups in total. The molecule has 0 aromatic heterocycles. The lowest BCUT2D eigenvalue weighted by molar-refractivity contribution is -0.112. The van der Waals surface area contributed by atoms with Crippen LogP contribution in [0.15, 0.2) is 60.4 Å². The molecule has 0 heterocycles. The Morgan fingerprint density at radius 1 is 1.05 bits per heavy atom. The van der Waals surface area contributed by atoms with Gasteiger partial charge in [0.15, 0.2) is 11.5 Å². The number of aryl methyl sites for hydroxylation is 1. The van der Waals surface area contributed by atoms with E-state index in [0.717, 1.165) is 11.3 Å². The van der Waals surface area contributed by atoms with Gasteiger partial charge in [0.25, 0.3) is 5.91 Å². The molecule has 1 amide bonds. The van der Waals surface area contributed by atoms with Crippen molar-refractivity contribution < 1.29 is 14.3 Å². The Kier molecular flexibility index (Phi) is 5.20. The second-order valence-corrected chi connectivity index (χ2v) is 4.89. The van der Waals surface area contributed by atoms with Crippen LogP contribution in [-0.2, 0) is 4.79 Å². The molecular weight excluding hydrogens is 278 g/mol. The molecule has 0 aliphatic heterocycles. The molecule has 2 aromatic carbocycles. The van der Waals surface area contributed by atoms with E-state index in [1.165, 1.54) is 6.26 Å². The Hall–Kier alpha value is -2.75. The molecule has 4 heteroatoms. The first-order valence-electron chi connectivity index (χ1n) is 6.94. The molecule has 4 nitrogen and oxygen atoms in total. The number of hydrogen-bond donors (Lipinski definition) is 1. The van der Waals surface area contributed by atoms with Crippen LogP contribution in [-0.4, -0.2) is 13.0 Å². The summed E-state index contributed by atoms with van der Waals surface area (Å²) in [7, 11) is 1.57. The number of carbonyl (C=O) groups is 1. The molecule has 0 saturated heterocycles. The van der Waals surface area contributed by atoms with Gasteiger partial charge in [0.05, 0.1) is 13.4 Å². The van der Waals surface area contributed by atoms with Crippen molar-refractivity contribution in [3.8, 4) is 11.5 Å². The van der Waals surface area contributed by atoms with E-state index in [2.05, 4.69) is 5.32 Å². The van der Waals surface area contributed by atoms with Crippen molar-refractivity contribution in [3.05, 3.63) is 65.9 Å². The highest BCUT2D eigenvalue weighted by Crippen LogP contribution is 2.26. The third-order valence-corrected chi connectivity index (χ3v) is 3.10. The lowest BCUT2D eigenvalue weighted by Gasteiger charge is -2.08. The van der Waals surface area contributed by atoms with Gasteiger partial charge in [-0.2, -0.15) is 0 Å². The van der Waals surface area contributed by atoms with E-state index in [9.17, 15) is 4.79 Å². The number of hydrogen-bond acceptors (Lipinski definition) is 3. The van der Waals surface area contributed by atoms with Gasteiger partial charge in [-0.1, -0.05) is 29.8 Å². The van der Waals surface area contributed by atoms with Crippen molar-refractivity contribution in [1.29, 1.82) is 0 Å². The summed E-state index contributed by atoms with van der Waals surface area (Å²) in [5.74, 6) is 0.969. The molecule has 2 aromatic rings. The quantitative estimate of drug-likeness (QED) is 0.672. The van der Waals surface area contributed by atoms with Crippen LogP contribution in [0.2, 0.25) is 0 Å². The monoisotopic (exact) mass is 297 g/mol. The molecule has 114 valence electrons. The fraction of sp³-hybridized carbons (Fsp3) is 0.167. The second kappa shape index (κ2) is 7.31. The highest BCUT2D eigenvalue weighted by atomic mass is 16.5. The third kappa shape index (κ3) is 4.12. The van der Waals surface area contributed by atoms with E-state index in [-0.39, 0.29) is 5.91 Å². The second-order valence-electron chi connectivity index (χ2n) is 4.89. The van der Waals surface area contributed by atoms with E-state index in [1.807, 2.05) is 43.3 Å². The number of ether oxygens (including phenoxy) is 2. The van der Waals surface area contributed by atoms with Crippen molar-refractivity contribution in [2.24, 2.45) is 0 Å². The Labute approximate surface area is 130 Å². The summed E-state index contributed by atoms with van der Waals surface area (Å²) in [6.07, 6.45) is 1.42. The van der Waals surface area contributed by atoms with Crippen LogP contribution < -0.4 is 14.8 Å². The van der Waals surface area contributed by atoms with E-state index >= 15 is 0 Å². The zero-order valence-electron chi connectivity index (χ0n) is 12.9. The van der Waals surface area contributed by atoms with Gasteiger partial charge in [0.1, 0.15) is 0 Å². The van der Waals surface area contributed by atoms with Gasteiger partial charge < -0.3 is 14.8 Å². The largest absolute Gasteiger partial charge is 0.493 e. The molecule has 0 spiro atoms. The van der Waals surface area contributed by atoms with Gasteiger partial charge in [-0.25, -0.2) is 0 Å². The topological polar surface area (TPSA) is 47.6 Å². The summed E-state index contributed by atoms with van der Waals surface area (Å²) in [4.78, 5) is 12.1. The lowest BCUT2D eigenvalue weighted by atomic mass is 10.2. The van der Waals surface area contributed by atoms with Crippen LogP contribution in [0.1, 0.15) is 12.5 Å². The first-order valence-corrected chi connectivity index (χ1v) is 6.94. The van der Waals surface area contributed by atoms with E-state index < -0.39 is 0 Å². The number of para-hydroxylation sites is 2. The third-order valence-electron chi connectivity index (χ3n) is 3.10. The summed E-state index contributed by atoms with van der Waals surface area (Å²) in [5.41, 5.74) is 2.36. The summed E-state index contributed by atoms with van der Waals surface area (Å²) >= 11 is 0. The molecule has 22 heavy (non-hydrogen) atoms. The molecule has 0 aliphatic carbocycles. The van der Waals surface area contributed by atoms with Crippen LogP contribution in [0.4, 0.5) is 5.69 Å².